The molecule has 1 heterocycles. The van der Waals surface area contributed by atoms with Crippen molar-refractivity contribution in [2.24, 2.45) is 0 Å². The molecule has 0 atom stereocenters. The van der Waals surface area contributed by atoms with E-state index in [9.17, 15) is 9.59 Å². The first-order valence-corrected chi connectivity index (χ1v) is 6.20. The summed E-state index contributed by atoms with van der Waals surface area (Å²) in [6, 6.07) is 0. The predicted octanol–water partition coefficient (Wildman–Crippen LogP) is 2.38. The largest absolute Gasteiger partial charge is 0.466 e. The summed E-state index contributed by atoms with van der Waals surface area (Å²) in [6.45, 7) is 5.58. The maximum absolute atomic E-state index is 11.6. The van der Waals surface area contributed by atoms with E-state index in [1.807, 2.05) is 12.3 Å². The smallest absolute Gasteiger partial charge is 0.313 e. The fourth-order valence-electron chi connectivity index (χ4n) is 1.23. The number of nitrogens with zero attached hydrogens (tertiary/aromatic N) is 1. The van der Waals surface area contributed by atoms with Crippen molar-refractivity contribution >= 4 is 29.2 Å². The highest BCUT2D eigenvalue weighted by atomic mass is 32.1. The number of thiazole rings is 1. The number of ketones is 1. The van der Waals surface area contributed by atoms with Crippen molar-refractivity contribution in [1.29, 1.82) is 0 Å². The van der Waals surface area contributed by atoms with Crippen LogP contribution in [0, 0.1) is 6.92 Å². The van der Waals surface area contributed by atoms with E-state index in [0.29, 0.717) is 12.2 Å². The molecule has 0 amide bonds. The van der Waals surface area contributed by atoms with E-state index in [2.05, 4.69) is 4.98 Å². The molecule has 0 spiro atoms. The Balaban J connectivity index is 2.63. The van der Waals surface area contributed by atoms with Gasteiger partial charge in [0.15, 0.2) is 5.78 Å². The third-order valence-corrected chi connectivity index (χ3v) is 2.84. The SMILES string of the molecule is CCOC(=O)CC(=O)/C(C)=C/c1csc(C)n1. The number of carbonyl (C=O) groups is 2. The zero-order valence-electron chi connectivity index (χ0n) is 10.1. The van der Waals surface area contributed by atoms with Gasteiger partial charge in [0, 0.05) is 5.38 Å². The van der Waals surface area contributed by atoms with Crippen LogP contribution in [0.4, 0.5) is 0 Å². The number of rotatable bonds is 5. The van der Waals surface area contributed by atoms with Crippen LogP contribution in [0.5, 0.6) is 0 Å². The third-order valence-electron chi connectivity index (χ3n) is 2.05. The molecule has 0 saturated carbocycles. The molecule has 0 aromatic carbocycles. The standard InChI is InChI=1S/C12H15NO3S/c1-4-16-12(15)6-11(14)8(2)5-10-7-17-9(3)13-10/h5,7H,4,6H2,1-3H3/b8-5+. The number of aromatic nitrogens is 1. The summed E-state index contributed by atoms with van der Waals surface area (Å²) in [5.41, 5.74) is 1.27. The van der Waals surface area contributed by atoms with Gasteiger partial charge in [0.05, 0.1) is 17.3 Å². The summed E-state index contributed by atoms with van der Waals surface area (Å²) in [6.07, 6.45) is 1.48. The van der Waals surface area contributed by atoms with Crippen molar-refractivity contribution in [3.63, 3.8) is 0 Å². The second-order valence-corrected chi connectivity index (χ2v) is 4.59. The van der Waals surface area contributed by atoms with Crippen LogP contribution in [-0.2, 0) is 14.3 Å². The molecule has 4 nitrogen and oxygen atoms in total. The van der Waals surface area contributed by atoms with Gasteiger partial charge < -0.3 is 4.74 Å². The molecule has 1 aromatic heterocycles. The molecular formula is C12H15NO3S. The van der Waals surface area contributed by atoms with Gasteiger partial charge in [-0.25, -0.2) is 4.98 Å². The van der Waals surface area contributed by atoms with Crippen LogP contribution in [0.15, 0.2) is 11.0 Å². The van der Waals surface area contributed by atoms with Crippen molar-refractivity contribution in [3.8, 4) is 0 Å². The molecule has 0 bridgehead atoms. The minimum Gasteiger partial charge on any atom is -0.466 e. The Morgan fingerprint density at radius 2 is 2.24 bits per heavy atom. The molecule has 0 aliphatic rings. The number of ether oxygens (including phenoxy) is 1. The Labute approximate surface area is 104 Å². The van der Waals surface area contributed by atoms with Gasteiger partial charge in [0.2, 0.25) is 0 Å². The van der Waals surface area contributed by atoms with Gasteiger partial charge >= 0.3 is 5.97 Å². The Morgan fingerprint density at radius 3 is 2.76 bits per heavy atom. The van der Waals surface area contributed by atoms with Gasteiger partial charge in [-0.2, -0.15) is 0 Å². The summed E-state index contributed by atoms with van der Waals surface area (Å²) in [7, 11) is 0. The zero-order valence-corrected chi connectivity index (χ0v) is 11.0. The van der Waals surface area contributed by atoms with E-state index in [0.717, 1.165) is 10.7 Å². The summed E-state index contributed by atoms with van der Waals surface area (Å²) in [5, 5.41) is 2.82. The van der Waals surface area contributed by atoms with Crippen molar-refractivity contribution in [3.05, 3.63) is 21.7 Å². The number of aryl methyl sites for hydroxylation is 1. The molecular weight excluding hydrogens is 238 g/mol. The first kappa shape index (κ1) is 13.6. The quantitative estimate of drug-likeness (QED) is 0.459. The van der Waals surface area contributed by atoms with E-state index in [1.54, 1.807) is 19.9 Å². The zero-order chi connectivity index (χ0) is 12.8. The average molecular weight is 253 g/mol. The number of esters is 1. The highest BCUT2D eigenvalue weighted by Crippen LogP contribution is 2.12. The van der Waals surface area contributed by atoms with Gasteiger partial charge in [0.25, 0.3) is 0 Å². The number of allylic oxidation sites excluding steroid dienone is 1. The van der Waals surface area contributed by atoms with E-state index in [-0.39, 0.29) is 12.2 Å². The van der Waals surface area contributed by atoms with Crippen LogP contribution in [0.2, 0.25) is 0 Å². The highest BCUT2D eigenvalue weighted by molar-refractivity contribution is 7.09. The summed E-state index contributed by atoms with van der Waals surface area (Å²) < 4.78 is 4.72. The molecule has 17 heavy (non-hydrogen) atoms. The first-order chi connectivity index (χ1) is 8.02. The normalized spacial score (nSPS) is 11.4. The highest BCUT2D eigenvalue weighted by Gasteiger charge is 2.12. The molecule has 0 unspecified atom stereocenters. The van der Waals surface area contributed by atoms with Crippen LogP contribution in [0.25, 0.3) is 6.08 Å². The van der Waals surface area contributed by atoms with Crippen molar-refractivity contribution < 1.29 is 14.3 Å². The van der Waals surface area contributed by atoms with Crippen molar-refractivity contribution in [2.45, 2.75) is 27.2 Å². The Morgan fingerprint density at radius 1 is 1.53 bits per heavy atom. The summed E-state index contributed by atoms with van der Waals surface area (Å²) >= 11 is 1.52. The number of hydrogen-bond donors (Lipinski definition) is 0. The second kappa shape index (κ2) is 6.30. The average Bonchev–Trinajstić information content (AvgIpc) is 2.64. The van der Waals surface area contributed by atoms with Gasteiger partial charge in [0.1, 0.15) is 6.42 Å². The van der Waals surface area contributed by atoms with E-state index in [1.165, 1.54) is 11.3 Å². The number of Topliss-reactive ketones (excluding diaryl/α,β-unsaturated/α-hetero) is 1. The molecule has 0 saturated heterocycles. The number of carbonyl (C=O) groups excluding carboxylic acids is 2. The predicted molar refractivity (Wildman–Crippen MR) is 66.8 cm³/mol. The molecule has 92 valence electrons. The minimum absolute atomic E-state index is 0.209. The van der Waals surface area contributed by atoms with Crippen LogP contribution < -0.4 is 0 Å². The Kier molecular flexibility index (Phi) is 5.03. The van der Waals surface area contributed by atoms with Crippen molar-refractivity contribution in [1.82, 2.24) is 4.98 Å². The van der Waals surface area contributed by atoms with Crippen LogP contribution >= 0.6 is 11.3 Å². The third kappa shape index (κ3) is 4.48. The monoisotopic (exact) mass is 253 g/mol. The topological polar surface area (TPSA) is 56.3 Å². The molecule has 1 rings (SSSR count). The molecule has 0 aliphatic carbocycles. The Hall–Kier alpha value is -1.49. The van der Waals surface area contributed by atoms with Crippen LogP contribution in [0.1, 0.15) is 31.0 Å². The Bertz CT molecular complexity index is 448. The van der Waals surface area contributed by atoms with Gasteiger partial charge in [-0.3, -0.25) is 9.59 Å². The van der Waals surface area contributed by atoms with E-state index in [4.69, 9.17) is 4.74 Å². The van der Waals surface area contributed by atoms with Crippen LogP contribution in [0.3, 0.4) is 0 Å². The van der Waals surface area contributed by atoms with Gasteiger partial charge in [-0.15, -0.1) is 11.3 Å². The van der Waals surface area contributed by atoms with Crippen molar-refractivity contribution in [2.75, 3.05) is 6.61 Å². The molecule has 0 fully saturated rings. The lowest BCUT2D eigenvalue weighted by Crippen LogP contribution is -2.11. The summed E-state index contributed by atoms with van der Waals surface area (Å²) in [4.78, 5) is 27.0. The minimum atomic E-state index is -0.486. The molecule has 0 radical (unpaired) electrons. The second-order valence-electron chi connectivity index (χ2n) is 3.52. The molecule has 5 heteroatoms. The van der Waals surface area contributed by atoms with E-state index >= 15 is 0 Å². The first-order valence-electron chi connectivity index (χ1n) is 5.32. The molecule has 1 aromatic rings. The lowest BCUT2D eigenvalue weighted by molar-refractivity contribution is -0.144. The lowest BCUT2D eigenvalue weighted by atomic mass is 10.1. The summed E-state index contributed by atoms with van der Waals surface area (Å²) in [5.74, 6) is -0.714. The molecule has 0 N–H and O–H groups in total. The fourth-order valence-corrected chi connectivity index (χ4v) is 1.80. The van der Waals surface area contributed by atoms with E-state index < -0.39 is 5.97 Å². The van der Waals surface area contributed by atoms with Crippen LogP contribution in [-0.4, -0.2) is 23.3 Å². The lowest BCUT2D eigenvalue weighted by Gasteiger charge is -2.01. The fraction of sp³-hybridized carbons (Fsp3) is 0.417. The number of hydrogen-bond acceptors (Lipinski definition) is 5. The molecule has 0 aliphatic heterocycles. The maximum atomic E-state index is 11.6. The van der Waals surface area contributed by atoms with Gasteiger partial charge in [-0.1, -0.05) is 0 Å². The maximum Gasteiger partial charge on any atom is 0.313 e. The van der Waals surface area contributed by atoms with Gasteiger partial charge in [-0.05, 0) is 32.4 Å².